The van der Waals surface area contributed by atoms with Gasteiger partial charge in [0.15, 0.2) is 5.82 Å². The van der Waals surface area contributed by atoms with Crippen molar-refractivity contribution in [3.05, 3.63) is 89.3 Å². The number of hydrogen-bond acceptors (Lipinski definition) is 6. The summed E-state index contributed by atoms with van der Waals surface area (Å²) in [6.45, 7) is 7.34. The van der Waals surface area contributed by atoms with E-state index in [9.17, 15) is 0 Å². The minimum atomic E-state index is -0.137. The first kappa shape index (κ1) is 19.7. The molecule has 176 valence electrons. The van der Waals surface area contributed by atoms with Gasteiger partial charge in [-0.15, -0.1) is 0 Å². The van der Waals surface area contributed by atoms with Crippen LogP contribution in [0.2, 0.25) is 0 Å². The van der Waals surface area contributed by atoms with Crippen LogP contribution in [-0.2, 0) is 5.41 Å². The quantitative estimate of drug-likeness (QED) is 0.555. The molecule has 0 saturated heterocycles. The highest BCUT2D eigenvalue weighted by Crippen LogP contribution is 2.75. The number of fused-ring (bicyclic) bond motifs is 15. The predicted octanol–water partition coefficient (Wildman–Crippen LogP) is 4.89. The molecule has 6 aliphatic rings. The van der Waals surface area contributed by atoms with Crippen LogP contribution in [0.25, 0.3) is 0 Å². The second-order valence-electron chi connectivity index (χ2n) is 11.3. The van der Waals surface area contributed by atoms with E-state index in [1.807, 2.05) is 6.20 Å². The highest BCUT2D eigenvalue weighted by atomic mass is 15.5. The summed E-state index contributed by atoms with van der Waals surface area (Å²) in [7, 11) is 4.44. The molecule has 1 aromatic carbocycles. The summed E-state index contributed by atoms with van der Waals surface area (Å²) in [6, 6.07) is 9.01. The van der Waals surface area contributed by atoms with Gasteiger partial charge in [-0.1, -0.05) is 51.1 Å². The lowest BCUT2D eigenvalue weighted by molar-refractivity contribution is 0.0733. The third kappa shape index (κ3) is 1.92. The van der Waals surface area contributed by atoms with Crippen LogP contribution in [0.1, 0.15) is 32.8 Å². The number of nitrogens with zero attached hydrogens (tertiary/aromatic N) is 6. The van der Waals surface area contributed by atoms with Gasteiger partial charge in [-0.25, -0.2) is 9.97 Å². The monoisotopic (exact) mass is 462 g/mol. The Hall–Kier alpha value is -3.54. The molecule has 1 aromatic heterocycles. The van der Waals surface area contributed by atoms with E-state index in [1.165, 1.54) is 28.1 Å². The van der Waals surface area contributed by atoms with E-state index in [0.29, 0.717) is 5.92 Å². The van der Waals surface area contributed by atoms with Crippen LogP contribution in [0.15, 0.2) is 83.8 Å². The van der Waals surface area contributed by atoms with Gasteiger partial charge in [-0.2, -0.15) is 0 Å². The predicted molar refractivity (Wildman–Crippen MR) is 138 cm³/mol. The Kier molecular flexibility index (Phi) is 3.37. The average Bonchev–Trinajstić information content (AvgIpc) is 3.39. The van der Waals surface area contributed by atoms with Gasteiger partial charge in [0.1, 0.15) is 24.3 Å². The van der Waals surface area contributed by atoms with Crippen LogP contribution in [0, 0.1) is 11.3 Å². The zero-order valence-corrected chi connectivity index (χ0v) is 20.9. The summed E-state index contributed by atoms with van der Waals surface area (Å²) < 4.78 is 0. The number of anilines is 3. The van der Waals surface area contributed by atoms with Crippen molar-refractivity contribution in [2.75, 3.05) is 23.9 Å². The van der Waals surface area contributed by atoms with Crippen LogP contribution in [0.4, 0.5) is 17.2 Å². The number of allylic oxidation sites excluding steroid dienone is 3. The number of rotatable bonds is 0. The van der Waals surface area contributed by atoms with Crippen molar-refractivity contribution in [3.63, 3.8) is 0 Å². The molecular formula is C29H30N6. The first-order valence-electron chi connectivity index (χ1n) is 12.7. The van der Waals surface area contributed by atoms with Crippen molar-refractivity contribution in [2.45, 2.75) is 44.9 Å². The van der Waals surface area contributed by atoms with Gasteiger partial charge >= 0.3 is 0 Å². The van der Waals surface area contributed by atoms with E-state index in [0.717, 1.165) is 17.9 Å². The lowest BCUT2D eigenvalue weighted by Gasteiger charge is -2.70. The fraction of sp³-hybridized carbons (Fsp3) is 0.379. The molecule has 4 aliphatic heterocycles. The first-order valence-corrected chi connectivity index (χ1v) is 12.7. The SMILES string of the molecule is CC1C=C2C(=CC1)N1C=CN(C)C1C1=C2C2(C)c3ccccc3N3c4ncncc4N(C)C3C12C. The number of likely N-dealkylation sites (N-methyl/N-ethyl adjacent to an activating group) is 1. The summed E-state index contributed by atoms with van der Waals surface area (Å²) in [6.07, 6.45) is 14.6. The van der Waals surface area contributed by atoms with E-state index < -0.39 is 0 Å². The normalized spacial score (nSPS) is 35.3. The molecule has 0 amide bonds. The Balaban J connectivity index is 1.47. The van der Waals surface area contributed by atoms with Gasteiger partial charge in [0.05, 0.1) is 6.20 Å². The third-order valence-corrected chi connectivity index (χ3v) is 9.81. The molecule has 0 spiro atoms. The Bertz CT molecular complexity index is 1450. The molecule has 2 aliphatic carbocycles. The van der Waals surface area contributed by atoms with Crippen molar-refractivity contribution < 1.29 is 0 Å². The maximum Gasteiger partial charge on any atom is 0.161 e. The van der Waals surface area contributed by atoms with Crippen LogP contribution in [0.3, 0.4) is 0 Å². The van der Waals surface area contributed by atoms with E-state index in [-0.39, 0.29) is 23.2 Å². The van der Waals surface area contributed by atoms with Crippen molar-refractivity contribution in [3.8, 4) is 0 Å². The fourth-order valence-corrected chi connectivity index (χ4v) is 8.18. The van der Waals surface area contributed by atoms with E-state index in [2.05, 4.69) is 108 Å². The highest BCUT2D eigenvalue weighted by Gasteiger charge is 2.73. The molecule has 6 heteroatoms. The van der Waals surface area contributed by atoms with Gasteiger partial charge in [-0.05, 0) is 40.7 Å². The van der Waals surface area contributed by atoms with Crippen molar-refractivity contribution in [2.24, 2.45) is 11.3 Å². The lowest BCUT2D eigenvalue weighted by atomic mass is 9.40. The van der Waals surface area contributed by atoms with Crippen molar-refractivity contribution in [1.29, 1.82) is 0 Å². The molecular weight excluding hydrogens is 432 g/mol. The van der Waals surface area contributed by atoms with E-state index in [1.54, 1.807) is 11.9 Å². The maximum atomic E-state index is 4.79. The second-order valence-corrected chi connectivity index (χ2v) is 11.3. The third-order valence-electron chi connectivity index (χ3n) is 9.81. The minimum Gasteiger partial charge on any atom is -0.355 e. The summed E-state index contributed by atoms with van der Waals surface area (Å²) in [5, 5.41) is 0. The number of para-hydroxylation sites is 1. The molecule has 2 aromatic rings. The highest BCUT2D eigenvalue weighted by molar-refractivity contribution is 5.88. The zero-order chi connectivity index (χ0) is 23.9. The molecule has 0 N–H and O–H groups in total. The minimum absolute atomic E-state index is 0.121. The molecule has 5 unspecified atom stereocenters. The summed E-state index contributed by atoms with van der Waals surface area (Å²) in [5.41, 5.74) is 9.41. The molecule has 6 nitrogen and oxygen atoms in total. The fourth-order valence-electron chi connectivity index (χ4n) is 8.18. The maximum absolute atomic E-state index is 4.79. The van der Waals surface area contributed by atoms with Gasteiger partial charge < -0.3 is 19.6 Å². The molecule has 0 saturated carbocycles. The summed E-state index contributed by atoms with van der Waals surface area (Å²) >= 11 is 0. The number of benzene rings is 1. The number of aromatic nitrogens is 2. The van der Waals surface area contributed by atoms with Gasteiger partial charge in [0.25, 0.3) is 0 Å². The van der Waals surface area contributed by atoms with Crippen molar-refractivity contribution in [1.82, 2.24) is 19.8 Å². The molecule has 0 radical (unpaired) electrons. The van der Waals surface area contributed by atoms with Gasteiger partial charge in [-0.3, -0.25) is 0 Å². The van der Waals surface area contributed by atoms with Crippen molar-refractivity contribution >= 4 is 17.2 Å². The summed E-state index contributed by atoms with van der Waals surface area (Å²) in [4.78, 5) is 19.0. The Morgan fingerprint density at radius 3 is 2.74 bits per heavy atom. The molecule has 35 heavy (non-hydrogen) atoms. The number of hydrogen-bond donors (Lipinski definition) is 0. The Labute approximate surface area is 206 Å². The largest absolute Gasteiger partial charge is 0.355 e. The standard InChI is InChI=1S/C29H30N6/c1-17-10-11-20-18(14-17)23-24(26-32(4)12-13-34(20)26)29(3)27-33(5)22-15-30-16-31-25(22)35(27)21-9-7-6-8-19(21)28(23,29)2/h6-9,11-17,26-27H,10H2,1-5H3. The Morgan fingerprint density at radius 1 is 1.06 bits per heavy atom. The molecule has 5 heterocycles. The second kappa shape index (κ2) is 5.99. The topological polar surface area (TPSA) is 38.7 Å². The van der Waals surface area contributed by atoms with E-state index >= 15 is 0 Å². The Morgan fingerprint density at radius 2 is 1.89 bits per heavy atom. The van der Waals surface area contributed by atoms with Crippen LogP contribution >= 0.6 is 0 Å². The lowest BCUT2D eigenvalue weighted by Crippen LogP contribution is -2.73. The van der Waals surface area contributed by atoms with E-state index in [4.69, 9.17) is 4.98 Å². The molecule has 5 atom stereocenters. The first-order chi connectivity index (χ1) is 16.9. The summed E-state index contributed by atoms with van der Waals surface area (Å²) in [5.74, 6) is 1.55. The average molecular weight is 463 g/mol. The van der Waals surface area contributed by atoms with Gasteiger partial charge in [0, 0.05) is 48.7 Å². The van der Waals surface area contributed by atoms with Crippen LogP contribution < -0.4 is 9.80 Å². The molecule has 8 rings (SSSR count). The zero-order valence-electron chi connectivity index (χ0n) is 20.9. The smallest absolute Gasteiger partial charge is 0.161 e. The molecule has 0 fully saturated rings. The molecule has 0 bridgehead atoms. The van der Waals surface area contributed by atoms with Crippen LogP contribution in [-0.4, -0.2) is 46.2 Å². The van der Waals surface area contributed by atoms with Crippen LogP contribution in [0.5, 0.6) is 0 Å². The van der Waals surface area contributed by atoms with Gasteiger partial charge in [0.2, 0.25) is 0 Å².